The normalized spacial score (nSPS) is 15.8. The van der Waals surface area contributed by atoms with Crippen LogP contribution in [0.3, 0.4) is 0 Å². The van der Waals surface area contributed by atoms with Crippen LogP contribution in [0.4, 0.5) is 0 Å². The fourth-order valence-electron chi connectivity index (χ4n) is 1.86. The van der Waals surface area contributed by atoms with Gasteiger partial charge in [-0.1, -0.05) is 28.1 Å². The van der Waals surface area contributed by atoms with Crippen molar-refractivity contribution in [3.63, 3.8) is 0 Å². The average molecular weight is 357 g/mol. The summed E-state index contributed by atoms with van der Waals surface area (Å²) >= 11 is 3.45. The maximum Gasteiger partial charge on any atom is 0.293 e. The Morgan fingerprint density at radius 1 is 1.24 bits per heavy atom. The van der Waals surface area contributed by atoms with E-state index in [0.29, 0.717) is 6.47 Å². The molecule has 0 aromatic heterocycles. The van der Waals surface area contributed by atoms with E-state index in [-0.39, 0.29) is 5.60 Å². The zero-order valence-corrected chi connectivity index (χ0v) is 14.6. The highest BCUT2D eigenvalue weighted by molar-refractivity contribution is 9.10. The van der Waals surface area contributed by atoms with E-state index in [1.165, 1.54) is 5.56 Å². The Hall–Kier alpha value is -0.910. The molecule has 1 fully saturated rings. The predicted octanol–water partition coefficient (Wildman–Crippen LogP) is 2.81. The summed E-state index contributed by atoms with van der Waals surface area (Å²) in [5, 5.41) is 3.36. The summed E-state index contributed by atoms with van der Waals surface area (Å²) in [6, 6.07) is 8.59. The first-order chi connectivity index (χ1) is 9.90. The highest BCUT2D eigenvalue weighted by atomic mass is 79.9. The van der Waals surface area contributed by atoms with Crippen molar-refractivity contribution in [1.29, 1.82) is 0 Å². The van der Waals surface area contributed by atoms with Crippen LogP contribution in [-0.2, 0) is 16.1 Å². The summed E-state index contributed by atoms with van der Waals surface area (Å²) in [6.07, 6.45) is 0. The van der Waals surface area contributed by atoms with E-state index < -0.39 is 0 Å². The van der Waals surface area contributed by atoms with Gasteiger partial charge in [-0.3, -0.25) is 9.69 Å². The average Bonchev–Trinajstić information content (AvgIpc) is 2.42. The van der Waals surface area contributed by atoms with Crippen LogP contribution in [0.15, 0.2) is 28.7 Å². The number of rotatable bonds is 3. The molecule has 1 aromatic carbocycles. The number of hydrogen-bond donors (Lipinski definition) is 1. The number of piperazine rings is 1. The molecular weight excluding hydrogens is 332 g/mol. The molecule has 1 heterocycles. The first kappa shape index (κ1) is 18.1. The Labute approximate surface area is 136 Å². The minimum absolute atomic E-state index is 0.318. The Bertz CT molecular complexity index is 409. The fourth-order valence-corrected chi connectivity index (χ4v) is 2.13. The lowest BCUT2D eigenvalue weighted by Gasteiger charge is -2.27. The molecule has 1 saturated heterocycles. The second kappa shape index (κ2) is 9.18. The first-order valence-corrected chi connectivity index (χ1v) is 7.99. The largest absolute Gasteiger partial charge is 0.462 e. The lowest BCUT2D eigenvalue weighted by Crippen LogP contribution is -2.42. The maximum atomic E-state index is 9.60. The molecule has 0 spiro atoms. The van der Waals surface area contributed by atoms with E-state index in [9.17, 15) is 4.79 Å². The highest BCUT2D eigenvalue weighted by Gasteiger charge is 2.09. The van der Waals surface area contributed by atoms with E-state index in [2.05, 4.69) is 55.1 Å². The lowest BCUT2D eigenvalue weighted by molar-refractivity contribution is -0.138. The minimum Gasteiger partial charge on any atom is -0.462 e. The predicted molar refractivity (Wildman–Crippen MR) is 89.2 cm³/mol. The van der Waals surface area contributed by atoms with E-state index in [0.717, 1.165) is 37.2 Å². The van der Waals surface area contributed by atoms with Gasteiger partial charge < -0.3 is 10.1 Å². The van der Waals surface area contributed by atoms with E-state index in [1.807, 2.05) is 20.8 Å². The van der Waals surface area contributed by atoms with Gasteiger partial charge in [-0.15, -0.1) is 0 Å². The van der Waals surface area contributed by atoms with Crippen LogP contribution < -0.4 is 5.32 Å². The number of halogens is 1. The van der Waals surface area contributed by atoms with Gasteiger partial charge in [0.05, 0.1) is 0 Å². The van der Waals surface area contributed by atoms with Crippen molar-refractivity contribution >= 4 is 22.4 Å². The van der Waals surface area contributed by atoms with Crippen LogP contribution in [0.25, 0.3) is 0 Å². The van der Waals surface area contributed by atoms with Gasteiger partial charge in [-0.25, -0.2) is 0 Å². The molecule has 1 aliphatic heterocycles. The third-order valence-corrected chi connectivity index (χ3v) is 3.46. The molecule has 0 unspecified atom stereocenters. The summed E-state index contributed by atoms with van der Waals surface area (Å²) in [5.74, 6) is 0. The molecule has 1 N–H and O–H groups in total. The van der Waals surface area contributed by atoms with Gasteiger partial charge in [-0.2, -0.15) is 0 Å². The van der Waals surface area contributed by atoms with Crippen molar-refractivity contribution < 1.29 is 9.53 Å². The number of nitrogens with zero attached hydrogens (tertiary/aromatic N) is 1. The monoisotopic (exact) mass is 356 g/mol. The molecule has 0 atom stereocenters. The summed E-state index contributed by atoms with van der Waals surface area (Å²) in [6.45, 7) is 11.6. The molecular formula is C16H25BrN2O2. The van der Waals surface area contributed by atoms with Crippen LogP contribution >= 0.6 is 15.9 Å². The van der Waals surface area contributed by atoms with Crippen LogP contribution in [0.2, 0.25) is 0 Å². The maximum absolute atomic E-state index is 9.60. The van der Waals surface area contributed by atoms with Crippen molar-refractivity contribution in [3.05, 3.63) is 34.3 Å². The van der Waals surface area contributed by atoms with Crippen LogP contribution in [0.1, 0.15) is 26.3 Å². The molecule has 0 amide bonds. The van der Waals surface area contributed by atoms with Crippen molar-refractivity contribution in [2.45, 2.75) is 32.9 Å². The third-order valence-electron chi connectivity index (χ3n) is 2.93. The molecule has 0 aliphatic carbocycles. The van der Waals surface area contributed by atoms with Crippen molar-refractivity contribution in [3.8, 4) is 0 Å². The Morgan fingerprint density at radius 2 is 1.81 bits per heavy atom. The van der Waals surface area contributed by atoms with E-state index >= 15 is 0 Å². The van der Waals surface area contributed by atoms with Gasteiger partial charge in [0.25, 0.3) is 6.47 Å². The molecule has 5 heteroatoms. The van der Waals surface area contributed by atoms with Crippen LogP contribution in [0, 0.1) is 0 Å². The highest BCUT2D eigenvalue weighted by Crippen LogP contribution is 2.12. The van der Waals surface area contributed by atoms with Crippen LogP contribution in [-0.4, -0.2) is 43.2 Å². The molecule has 0 saturated carbocycles. The summed E-state index contributed by atoms with van der Waals surface area (Å²) in [7, 11) is 0. The molecule has 118 valence electrons. The second-order valence-electron chi connectivity index (χ2n) is 5.98. The first-order valence-electron chi connectivity index (χ1n) is 7.20. The number of benzene rings is 1. The number of ether oxygens (including phenoxy) is 1. The Kier molecular flexibility index (Phi) is 7.93. The van der Waals surface area contributed by atoms with Crippen molar-refractivity contribution in [2.75, 3.05) is 26.2 Å². The quantitative estimate of drug-likeness (QED) is 0.845. The van der Waals surface area contributed by atoms with Crippen molar-refractivity contribution in [2.24, 2.45) is 0 Å². The SMILES string of the molecule is Brc1ccc(CN2CCNCC2)cc1.CC(C)(C)OC=O. The van der Waals surface area contributed by atoms with Gasteiger partial charge in [0.15, 0.2) is 0 Å². The summed E-state index contributed by atoms with van der Waals surface area (Å²) in [5.41, 5.74) is 1.08. The molecule has 0 bridgehead atoms. The summed E-state index contributed by atoms with van der Waals surface area (Å²) < 4.78 is 5.70. The summed E-state index contributed by atoms with van der Waals surface area (Å²) in [4.78, 5) is 12.1. The smallest absolute Gasteiger partial charge is 0.293 e. The minimum atomic E-state index is -0.318. The van der Waals surface area contributed by atoms with Crippen molar-refractivity contribution in [1.82, 2.24) is 10.2 Å². The molecule has 4 nitrogen and oxygen atoms in total. The van der Waals surface area contributed by atoms with Crippen LogP contribution in [0.5, 0.6) is 0 Å². The number of carbonyl (C=O) groups excluding carboxylic acids is 1. The molecule has 1 aromatic rings. The fraction of sp³-hybridized carbons (Fsp3) is 0.562. The van der Waals surface area contributed by atoms with E-state index in [4.69, 9.17) is 0 Å². The number of carbonyl (C=O) groups is 1. The molecule has 1 aliphatic rings. The van der Waals surface area contributed by atoms with Gasteiger partial charge >= 0.3 is 0 Å². The van der Waals surface area contributed by atoms with Gasteiger partial charge in [0.1, 0.15) is 5.60 Å². The lowest BCUT2D eigenvalue weighted by atomic mass is 10.2. The Morgan fingerprint density at radius 3 is 2.24 bits per heavy atom. The van der Waals surface area contributed by atoms with Gasteiger partial charge in [0, 0.05) is 37.2 Å². The third kappa shape index (κ3) is 8.86. The second-order valence-corrected chi connectivity index (χ2v) is 6.89. The number of hydrogen-bond acceptors (Lipinski definition) is 4. The molecule has 21 heavy (non-hydrogen) atoms. The zero-order chi connectivity index (χ0) is 15.7. The standard InChI is InChI=1S/C11H15BrN2.C5H10O2/c12-11-3-1-10(2-4-11)9-14-7-5-13-6-8-14;1-5(2,3)7-4-6/h1-4,13H,5-9H2;4H,1-3H3. The Balaban J connectivity index is 0.000000270. The molecule has 2 rings (SSSR count). The van der Waals surface area contributed by atoms with E-state index in [1.54, 1.807) is 0 Å². The zero-order valence-electron chi connectivity index (χ0n) is 13.1. The topological polar surface area (TPSA) is 41.6 Å². The van der Waals surface area contributed by atoms with Gasteiger partial charge in [0.2, 0.25) is 0 Å². The number of nitrogens with one attached hydrogen (secondary N) is 1. The van der Waals surface area contributed by atoms with Gasteiger partial charge in [-0.05, 0) is 38.5 Å². The molecule has 0 radical (unpaired) electrons.